The first-order valence-electron chi connectivity index (χ1n) is 5.76. The van der Waals surface area contributed by atoms with Crippen molar-refractivity contribution in [1.29, 1.82) is 0 Å². The van der Waals surface area contributed by atoms with Crippen LogP contribution in [0.5, 0.6) is 5.75 Å². The van der Waals surface area contributed by atoms with Gasteiger partial charge in [0.25, 0.3) is 0 Å². The monoisotopic (exact) mass is 254 g/mol. The highest BCUT2D eigenvalue weighted by atomic mass is 16.6. The van der Waals surface area contributed by atoms with Crippen molar-refractivity contribution in [3.05, 3.63) is 28.3 Å². The van der Waals surface area contributed by atoms with Crippen LogP contribution in [0.2, 0.25) is 0 Å². The number of rotatable bonds is 7. The first-order chi connectivity index (χ1) is 8.58. The van der Waals surface area contributed by atoms with Gasteiger partial charge in [-0.05, 0) is 19.9 Å². The number of methoxy groups -OCH3 is 1. The molecule has 6 heteroatoms. The van der Waals surface area contributed by atoms with Gasteiger partial charge in [-0.3, -0.25) is 10.1 Å². The summed E-state index contributed by atoms with van der Waals surface area (Å²) in [6.07, 6.45) is 0.0655. The maximum atomic E-state index is 10.8. The Hall–Kier alpha value is -1.82. The number of nitro benzene ring substituents is 1. The van der Waals surface area contributed by atoms with E-state index in [0.717, 1.165) is 5.69 Å². The molecule has 1 aromatic rings. The maximum Gasteiger partial charge on any atom is 0.311 e. The molecule has 0 aliphatic rings. The summed E-state index contributed by atoms with van der Waals surface area (Å²) in [6, 6.07) is 4.72. The standard InChI is InChI=1S/C12H18N2O4/c1-4-18-12-7-10(13-8-9(2)17-3)5-6-11(12)14(15)16/h5-7,9,13H,4,8H2,1-3H3. The summed E-state index contributed by atoms with van der Waals surface area (Å²) in [6.45, 7) is 4.73. The first-order valence-corrected chi connectivity index (χ1v) is 5.76. The Morgan fingerprint density at radius 3 is 2.78 bits per heavy atom. The topological polar surface area (TPSA) is 73.6 Å². The van der Waals surface area contributed by atoms with Crippen LogP contribution >= 0.6 is 0 Å². The lowest BCUT2D eigenvalue weighted by molar-refractivity contribution is -0.385. The zero-order valence-electron chi connectivity index (χ0n) is 10.8. The minimum atomic E-state index is -0.452. The van der Waals surface area contributed by atoms with Gasteiger partial charge in [0.15, 0.2) is 5.75 Å². The second-order valence-corrected chi connectivity index (χ2v) is 3.80. The van der Waals surface area contributed by atoms with Gasteiger partial charge in [-0.1, -0.05) is 0 Å². The van der Waals surface area contributed by atoms with E-state index in [4.69, 9.17) is 9.47 Å². The van der Waals surface area contributed by atoms with Crippen molar-refractivity contribution in [3.63, 3.8) is 0 Å². The molecule has 1 rings (SSSR count). The van der Waals surface area contributed by atoms with Crippen LogP contribution in [0, 0.1) is 10.1 Å². The van der Waals surface area contributed by atoms with E-state index >= 15 is 0 Å². The fraction of sp³-hybridized carbons (Fsp3) is 0.500. The van der Waals surface area contributed by atoms with Gasteiger partial charge in [-0.2, -0.15) is 0 Å². The quantitative estimate of drug-likeness (QED) is 0.597. The number of ether oxygens (including phenoxy) is 2. The van der Waals surface area contributed by atoms with Crippen molar-refractivity contribution in [2.24, 2.45) is 0 Å². The summed E-state index contributed by atoms with van der Waals surface area (Å²) < 4.78 is 10.4. The van der Waals surface area contributed by atoms with E-state index in [1.165, 1.54) is 6.07 Å². The zero-order valence-corrected chi connectivity index (χ0v) is 10.8. The van der Waals surface area contributed by atoms with Gasteiger partial charge < -0.3 is 14.8 Å². The molecule has 1 N–H and O–H groups in total. The Balaban J connectivity index is 2.82. The molecule has 1 atom stereocenters. The summed E-state index contributed by atoms with van der Waals surface area (Å²) >= 11 is 0. The van der Waals surface area contributed by atoms with Crippen LogP contribution < -0.4 is 10.1 Å². The van der Waals surface area contributed by atoms with Gasteiger partial charge >= 0.3 is 5.69 Å². The average molecular weight is 254 g/mol. The van der Waals surface area contributed by atoms with Crippen molar-refractivity contribution in [2.75, 3.05) is 25.6 Å². The SMILES string of the molecule is CCOc1cc(NCC(C)OC)ccc1[N+](=O)[O-]. The lowest BCUT2D eigenvalue weighted by Gasteiger charge is -2.13. The number of nitro groups is 1. The normalized spacial score (nSPS) is 11.9. The lowest BCUT2D eigenvalue weighted by atomic mass is 10.2. The molecule has 18 heavy (non-hydrogen) atoms. The molecule has 0 amide bonds. The van der Waals surface area contributed by atoms with Crippen LogP contribution in [0.4, 0.5) is 11.4 Å². The van der Waals surface area contributed by atoms with Crippen molar-refractivity contribution in [3.8, 4) is 5.75 Å². The fourth-order valence-electron chi connectivity index (χ4n) is 1.39. The summed E-state index contributed by atoms with van der Waals surface area (Å²) in [5.74, 6) is 0.276. The number of nitrogens with zero attached hydrogens (tertiary/aromatic N) is 1. The van der Waals surface area contributed by atoms with Crippen molar-refractivity contribution >= 4 is 11.4 Å². The highest BCUT2D eigenvalue weighted by Crippen LogP contribution is 2.30. The molecule has 0 spiro atoms. The first kappa shape index (κ1) is 14.2. The minimum absolute atomic E-state index is 0.0258. The van der Waals surface area contributed by atoms with Crippen LogP contribution in [0.25, 0.3) is 0 Å². The predicted molar refractivity (Wildman–Crippen MR) is 69.2 cm³/mol. The van der Waals surface area contributed by atoms with Crippen molar-refractivity contribution in [1.82, 2.24) is 0 Å². The third kappa shape index (κ3) is 3.89. The average Bonchev–Trinajstić information content (AvgIpc) is 2.36. The molecule has 0 aliphatic heterocycles. The number of anilines is 1. The van der Waals surface area contributed by atoms with E-state index < -0.39 is 4.92 Å². The maximum absolute atomic E-state index is 10.8. The fourth-order valence-corrected chi connectivity index (χ4v) is 1.39. The Morgan fingerprint density at radius 2 is 2.22 bits per heavy atom. The molecule has 6 nitrogen and oxygen atoms in total. The van der Waals surface area contributed by atoms with Gasteiger partial charge in [0, 0.05) is 31.5 Å². The Bertz CT molecular complexity index is 409. The van der Waals surface area contributed by atoms with Crippen LogP contribution in [0.15, 0.2) is 18.2 Å². The molecule has 0 aliphatic carbocycles. The summed E-state index contributed by atoms with van der Waals surface area (Å²) in [5.41, 5.74) is 0.745. The lowest BCUT2D eigenvalue weighted by Crippen LogP contribution is -2.18. The Labute approximate surface area is 106 Å². The third-order valence-electron chi connectivity index (χ3n) is 2.45. The van der Waals surface area contributed by atoms with Crippen molar-refractivity contribution in [2.45, 2.75) is 20.0 Å². The van der Waals surface area contributed by atoms with E-state index in [2.05, 4.69) is 5.32 Å². The summed E-state index contributed by atoms with van der Waals surface area (Å²) in [5, 5.41) is 13.9. The highest BCUT2D eigenvalue weighted by Gasteiger charge is 2.15. The largest absolute Gasteiger partial charge is 0.487 e. The van der Waals surface area contributed by atoms with Crippen LogP contribution in [-0.4, -0.2) is 31.3 Å². The second-order valence-electron chi connectivity index (χ2n) is 3.80. The van der Waals surface area contributed by atoms with Gasteiger partial charge in [-0.15, -0.1) is 0 Å². The Morgan fingerprint density at radius 1 is 1.50 bits per heavy atom. The van der Waals surface area contributed by atoms with Crippen molar-refractivity contribution < 1.29 is 14.4 Å². The van der Waals surface area contributed by atoms with E-state index in [0.29, 0.717) is 13.2 Å². The molecule has 0 saturated carbocycles. The molecule has 100 valence electrons. The highest BCUT2D eigenvalue weighted by molar-refractivity contribution is 5.58. The van der Waals surface area contributed by atoms with Gasteiger partial charge in [0.2, 0.25) is 0 Å². The number of hydrogen-bond donors (Lipinski definition) is 1. The second kappa shape index (κ2) is 6.80. The molecule has 1 unspecified atom stereocenters. The molecule has 0 saturated heterocycles. The van der Waals surface area contributed by atoms with Gasteiger partial charge in [0.1, 0.15) is 0 Å². The van der Waals surface area contributed by atoms with Gasteiger partial charge in [-0.25, -0.2) is 0 Å². The molecule has 1 aromatic carbocycles. The van der Waals surface area contributed by atoms with Crippen LogP contribution in [0.3, 0.4) is 0 Å². The summed E-state index contributed by atoms with van der Waals surface area (Å²) in [4.78, 5) is 10.4. The molecule has 0 aromatic heterocycles. The van der Waals surface area contributed by atoms with E-state index in [-0.39, 0.29) is 17.5 Å². The van der Waals surface area contributed by atoms with Crippen LogP contribution in [-0.2, 0) is 4.74 Å². The smallest absolute Gasteiger partial charge is 0.311 e. The Kier molecular flexibility index (Phi) is 5.38. The number of hydrogen-bond acceptors (Lipinski definition) is 5. The third-order valence-corrected chi connectivity index (χ3v) is 2.45. The molecule has 0 heterocycles. The molecule has 0 bridgehead atoms. The van der Waals surface area contributed by atoms with E-state index in [1.54, 1.807) is 26.2 Å². The molecular formula is C12H18N2O4. The molecular weight excluding hydrogens is 236 g/mol. The van der Waals surface area contributed by atoms with E-state index in [9.17, 15) is 10.1 Å². The predicted octanol–water partition coefficient (Wildman–Crippen LogP) is 2.44. The number of benzene rings is 1. The molecule has 0 radical (unpaired) electrons. The number of nitrogens with one attached hydrogen (secondary N) is 1. The van der Waals surface area contributed by atoms with E-state index in [1.807, 2.05) is 6.92 Å². The summed E-state index contributed by atoms with van der Waals surface area (Å²) in [7, 11) is 1.63. The van der Waals surface area contributed by atoms with Gasteiger partial charge in [0.05, 0.1) is 17.6 Å². The van der Waals surface area contributed by atoms with Crippen LogP contribution in [0.1, 0.15) is 13.8 Å². The minimum Gasteiger partial charge on any atom is -0.487 e. The zero-order chi connectivity index (χ0) is 13.5. The molecule has 0 fully saturated rings.